The van der Waals surface area contributed by atoms with Crippen molar-refractivity contribution in [2.75, 3.05) is 26.7 Å². The van der Waals surface area contributed by atoms with Crippen molar-refractivity contribution in [1.29, 1.82) is 5.41 Å². The number of ketones is 2. The lowest BCUT2D eigenvalue weighted by Crippen LogP contribution is -2.43. The number of unbranched alkanes of at least 4 members (excludes halogenated alkanes) is 1. The Hall–Kier alpha value is -3.08. The van der Waals surface area contributed by atoms with E-state index in [9.17, 15) is 14.4 Å². The van der Waals surface area contributed by atoms with Gasteiger partial charge in [-0.05, 0) is 65.7 Å². The molecular formula is C35H57N5O5. The number of amides is 1. The molecule has 0 saturated carbocycles. The summed E-state index contributed by atoms with van der Waals surface area (Å²) in [6, 6.07) is 9.22. The highest BCUT2D eigenvalue weighted by Gasteiger charge is 2.45. The molecule has 0 radical (unpaired) electrons. The minimum atomic E-state index is -0.632. The zero-order chi connectivity index (χ0) is 33.8. The van der Waals surface area contributed by atoms with Crippen LogP contribution < -0.4 is 16.5 Å². The van der Waals surface area contributed by atoms with Gasteiger partial charge in [0.2, 0.25) is 0 Å². The van der Waals surface area contributed by atoms with Gasteiger partial charge in [-0.1, -0.05) is 69.2 Å². The quantitative estimate of drug-likeness (QED) is 0.0286. The lowest BCUT2D eigenvalue weighted by molar-refractivity contribution is -0.135. The summed E-state index contributed by atoms with van der Waals surface area (Å²) in [6.45, 7) is 14.9. The van der Waals surface area contributed by atoms with Crippen LogP contribution in [0.15, 0.2) is 42.0 Å². The Morgan fingerprint density at radius 1 is 1.22 bits per heavy atom. The summed E-state index contributed by atoms with van der Waals surface area (Å²) in [6.07, 6.45) is 6.28. The third kappa shape index (κ3) is 11.3. The molecule has 6 atom stereocenters. The number of amidine groups is 1. The SMILES string of the molecule is CCCC[C@@]1(C)OC(=O)NC1C/C(=C/CNCCN(N)C(=N)c1ccccc1)[C@H](C)C[C@](C)(C[C@@H](C)C(=O)C(C)C(C)=O)OC. The fourth-order valence-electron chi connectivity index (χ4n) is 6.13. The van der Waals surface area contributed by atoms with Crippen molar-refractivity contribution in [3.63, 3.8) is 0 Å². The van der Waals surface area contributed by atoms with Gasteiger partial charge in [0.15, 0.2) is 0 Å². The number of hydrogen-bond donors (Lipinski definition) is 4. The molecule has 0 bridgehead atoms. The summed E-state index contributed by atoms with van der Waals surface area (Å²) in [5.74, 6) is 5.33. The Morgan fingerprint density at radius 2 is 1.87 bits per heavy atom. The molecule has 2 rings (SSSR count). The van der Waals surface area contributed by atoms with Gasteiger partial charge in [-0.25, -0.2) is 10.6 Å². The molecule has 0 spiro atoms. The number of cyclic esters (lactones) is 1. The van der Waals surface area contributed by atoms with Crippen LogP contribution in [0.4, 0.5) is 4.79 Å². The number of nitrogens with zero attached hydrogens (tertiary/aromatic N) is 1. The van der Waals surface area contributed by atoms with Crippen molar-refractivity contribution in [1.82, 2.24) is 15.6 Å². The van der Waals surface area contributed by atoms with Crippen LogP contribution in [0.1, 0.15) is 92.6 Å². The molecular weight excluding hydrogens is 570 g/mol. The maximum atomic E-state index is 12.9. The number of hydrazine groups is 1. The van der Waals surface area contributed by atoms with E-state index in [0.717, 1.165) is 30.4 Å². The molecule has 1 aromatic rings. The average molecular weight is 628 g/mol. The van der Waals surface area contributed by atoms with E-state index in [0.29, 0.717) is 38.9 Å². The van der Waals surface area contributed by atoms with Crippen LogP contribution in [0, 0.1) is 23.2 Å². The van der Waals surface area contributed by atoms with E-state index in [1.165, 1.54) is 11.9 Å². The summed E-state index contributed by atoms with van der Waals surface area (Å²) in [5, 5.41) is 16.3. The van der Waals surface area contributed by atoms with Gasteiger partial charge in [0.05, 0.1) is 17.6 Å². The molecule has 1 heterocycles. The number of benzene rings is 1. The molecule has 10 heteroatoms. The number of ether oxygens (including phenoxy) is 2. The summed E-state index contributed by atoms with van der Waals surface area (Å²) in [5.41, 5.74) is 0.708. The first kappa shape index (κ1) is 38.1. The monoisotopic (exact) mass is 627 g/mol. The first-order valence-electron chi connectivity index (χ1n) is 16.3. The molecule has 1 aliphatic rings. The highest BCUT2D eigenvalue weighted by atomic mass is 16.6. The largest absolute Gasteiger partial charge is 0.441 e. The first-order chi connectivity index (χ1) is 21.2. The third-order valence-corrected chi connectivity index (χ3v) is 9.32. The predicted octanol–water partition coefficient (Wildman–Crippen LogP) is 5.40. The van der Waals surface area contributed by atoms with Crippen LogP contribution in [-0.2, 0) is 19.1 Å². The Labute approximate surface area is 270 Å². The van der Waals surface area contributed by atoms with Gasteiger partial charge in [0, 0.05) is 38.2 Å². The Kier molecular flexibility index (Phi) is 14.9. The minimum Gasteiger partial charge on any atom is -0.441 e. The highest BCUT2D eigenvalue weighted by Crippen LogP contribution is 2.37. The molecule has 1 aromatic carbocycles. The van der Waals surface area contributed by atoms with E-state index in [1.54, 1.807) is 14.0 Å². The van der Waals surface area contributed by atoms with Crippen LogP contribution in [0.2, 0.25) is 0 Å². The van der Waals surface area contributed by atoms with Gasteiger partial charge in [-0.3, -0.25) is 20.0 Å². The standard InChI is InChI=1S/C35H57N5O5/c1-9-10-17-35(7)30(39-33(43)45-35)21-29(16-18-38-19-20-40(37)32(36)28-14-12-11-13-15-28)24(2)22-34(6,44-8)23-25(3)31(42)26(4)27(5)41/h11-16,24-26,30,36,38H,9-10,17-23,37H2,1-8H3,(H,39,43)/b29-16-,36-32?/t24-,25-,26?,30?,34-,35-/m1/s1. The van der Waals surface area contributed by atoms with E-state index >= 15 is 0 Å². The zero-order valence-electron chi connectivity index (χ0n) is 28.7. The van der Waals surface area contributed by atoms with E-state index in [4.69, 9.17) is 20.7 Å². The summed E-state index contributed by atoms with van der Waals surface area (Å²) in [7, 11) is 1.67. The van der Waals surface area contributed by atoms with Crippen molar-refractivity contribution in [3.05, 3.63) is 47.5 Å². The van der Waals surface area contributed by atoms with Gasteiger partial charge in [-0.15, -0.1) is 0 Å². The van der Waals surface area contributed by atoms with Crippen molar-refractivity contribution < 1.29 is 23.9 Å². The number of carbonyl (C=O) groups is 3. The predicted molar refractivity (Wildman–Crippen MR) is 179 cm³/mol. The number of nitrogens with two attached hydrogens (primary N) is 1. The van der Waals surface area contributed by atoms with Gasteiger partial charge < -0.3 is 20.1 Å². The third-order valence-electron chi connectivity index (χ3n) is 9.32. The maximum absolute atomic E-state index is 12.9. The molecule has 2 unspecified atom stereocenters. The number of hydrogen-bond acceptors (Lipinski definition) is 8. The van der Waals surface area contributed by atoms with Crippen molar-refractivity contribution in [2.24, 2.45) is 23.6 Å². The maximum Gasteiger partial charge on any atom is 0.408 e. The van der Waals surface area contributed by atoms with Gasteiger partial charge in [-0.2, -0.15) is 0 Å². The fourth-order valence-corrected chi connectivity index (χ4v) is 6.13. The summed E-state index contributed by atoms with van der Waals surface area (Å²) < 4.78 is 11.8. The van der Waals surface area contributed by atoms with E-state index in [2.05, 4.69) is 30.6 Å². The molecule has 1 saturated heterocycles. The zero-order valence-corrected chi connectivity index (χ0v) is 28.7. The minimum absolute atomic E-state index is 0.0643. The van der Waals surface area contributed by atoms with Crippen molar-refractivity contribution >= 4 is 23.5 Å². The van der Waals surface area contributed by atoms with Gasteiger partial charge in [0.25, 0.3) is 0 Å². The van der Waals surface area contributed by atoms with E-state index in [-0.39, 0.29) is 41.4 Å². The van der Waals surface area contributed by atoms with Crippen LogP contribution in [-0.4, -0.2) is 72.5 Å². The normalized spacial score (nSPS) is 21.7. The van der Waals surface area contributed by atoms with E-state index < -0.39 is 17.1 Å². The van der Waals surface area contributed by atoms with Gasteiger partial charge in [0.1, 0.15) is 23.0 Å². The fraction of sp³-hybridized carbons (Fsp3) is 0.657. The number of rotatable bonds is 20. The highest BCUT2D eigenvalue weighted by molar-refractivity contribution is 6.01. The molecule has 1 amide bonds. The van der Waals surface area contributed by atoms with Gasteiger partial charge >= 0.3 is 6.09 Å². The molecule has 1 fully saturated rings. The van der Waals surface area contributed by atoms with Crippen molar-refractivity contribution in [3.8, 4) is 0 Å². The second-order valence-electron chi connectivity index (χ2n) is 13.2. The second kappa shape index (κ2) is 17.6. The lowest BCUT2D eigenvalue weighted by Gasteiger charge is -2.35. The molecule has 1 aliphatic heterocycles. The summed E-state index contributed by atoms with van der Waals surface area (Å²) >= 11 is 0. The molecule has 0 aliphatic carbocycles. The molecule has 5 N–H and O–H groups in total. The number of alkyl carbamates (subject to hydrolysis) is 1. The Bertz CT molecular complexity index is 1170. The van der Waals surface area contributed by atoms with Crippen LogP contribution in [0.3, 0.4) is 0 Å². The van der Waals surface area contributed by atoms with Crippen molar-refractivity contribution in [2.45, 2.75) is 104 Å². The topological polar surface area (TPSA) is 147 Å². The molecule has 0 aromatic heterocycles. The number of Topliss-reactive ketones (excluding diaryl/α,β-unsaturated/α-hetero) is 2. The number of carbonyl (C=O) groups excluding carboxylic acids is 3. The average Bonchev–Trinajstić information content (AvgIpc) is 3.30. The summed E-state index contributed by atoms with van der Waals surface area (Å²) in [4.78, 5) is 37.2. The molecule has 10 nitrogen and oxygen atoms in total. The van der Waals surface area contributed by atoms with Crippen LogP contribution >= 0.6 is 0 Å². The number of nitrogens with one attached hydrogen (secondary N) is 3. The Morgan fingerprint density at radius 3 is 2.47 bits per heavy atom. The van der Waals surface area contributed by atoms with E-state index in [1.807, 2.05) is 51.1 Å². The molecule has 45 heavy (non-hydrogen) atoms. The second-order valence-corrected chi connectivity index (χ2v) is 13.2. The van der Waals surface area contributed by atoms with Crippen LogP contribution in [0.5, 0.6) is 0 Å². The lowest BCUT2D eigenvalue weighted by atomic mass is 9.77. The number of methoxy groups -OCH3 is 1. The first-order valence-corrected chi connectivity index (χ1v) is 16.3. The van der Waals surface area contributed by atoms with Crippen LogP contribution in [0.25, 0.3) is 0 Å². The smallest absolute Gasteiger partial charge is 0.408 e. The Balaban J connectivity index is 2.17. The molecule has 252 valence electrons.